The summed E-state index contributed by atoms with van der Waals surface area (Å²) in [6, 6.07) is 7.07. The van der Waals surface area contributed by atoms with Crippen LogP contribution in [0.25, 0.3) is 22.0 Å². The van der Waals surface area contributed by atoms with Gasteiger partial charge in [0.25, 0.3) is 5.91 Å². The van der Waals surface area contributed by atoms with Crippen LogP contribution < -0.4 is 5.32 Å². The Hall–Kier alpha value is -3.15. The normalized spacial score (nSPS) is 13.3. The minimum absolute atomic E-state index is 0.0686. The Kier molecular flexibility index (Phi) is 6.82. The van der Waals surface area contributed by atoms with Gasteiger partial charge in [0.15, 0.2) is 5.78 Å². The number of rotatable bonds is 9. The highest BCUT2D eigenvalue weighted by Crippen LogP contribution is 2.35. The molecule has 0 atom stereocenters. The quantitative estimate of drug-likeness (QED) is 0.309. The number of halogens is 2. The summed E-state index contributed by atoms with van der Waals surface area (Å²) < 4.78 is 29.7. The zero-order valence-corrected chi connectivity index (χ0v) is 19.0. The molecule has 1 aliphatic carbocycles. The number of carbonyl (C=O) groups excluding carboxylic acids is 2. The molecular formula is C27H28F2N2O2. The number of unbranched alkanes of at least 4 members (excludes halogenated alkanes) is 1. The number of carbonyl (C=O) groups is 2. The van der Waals surface area contributed by atoms with Crippen molar-refractivity contribution in [3.05, 3.63) is 64.9 Å². The lowest BCUT2D eigenvalue weighted by atomic mass is 9.93. The fourth-order valence-corrected chi connectivity index (χ4v) is 4.15. The fourth-order valence-electron chi connectivity index (χ4n) is 4.15. The van der Waals surface area contributed by atoms with E-state index in [1.165, 1.54) is 18.2 Å². The van der Waals surface area contributed by atoms with E-state index in [0.29, 0.717) is 47.3 Å². The first-order valence-corrected chi connectivity index (χ1v) is 11.6. The smallest absolute Gasteiger partial charge is 0.254 e. The molecule has 0 bridgehead atoms. The zero-order chi connectivity index (χ0) is 23.5. The van der Waals surface area contributed by atoms with Gasteiger partial charge >= 0.3 is 0 Å². The highest BCUT2D eigenvalue weighted by atomic mass is 19.1. The number of fused-ring (bicyclic) bond motifs is 1. The maximum absolute atomic E-state index is 15.0. The van der Waals surface area contributed by atoms with E-state index in [1.54, 1.807) is 18.3 Å². The molecule has 1 aromatic heterocycles. The van der Waals surface area contributed by atoms with E-state index in [2.05, 4.69) is 10.3 Å². The molecule has 0 unspecified atom stereocenters. The van der Waals surface area contributed by atoms with Crippen LogP contribution in [0.15, 0.2) is 36.5 Å². The van der Waals surface area contributed by atoms with Gasteiger partial charge in [0.05, 0.1) is 11.1 Å². The van der Waals surface area contributed by atoms with Crippen LogP contribution in [-0.2, 0) is 6.42 Å². The van der Waals surface area contributed by atoms with Crippen molar-refractivity contribution in [2.75, 3.05) is 6.54 Å². The van der Waals surface area contributed by atoms with Crippen LogP contribution in [0.4, 0.5) is 8.78 Å². The molecule has 1 aliphatic rings. The first-order valence-electron chi connectivity index (χ1n) is 11.6. The Labute approximate surface area is 192 Å². The molecule has 1 N–H and O–H groups in total. The third-order valence-electron chi connectivity index (χ3n) is 6.23. The Bertz CT molecular complexity index is 1220. The number of Topliss-reactive ketones (excluding diaryl/α,β-unsaturated/α-hetero) is 1. The second-order valence-corrected chi connectivity index (χ2v) is 8.73. The average Bonchev–Trinajstić information content (AvgIpc) is 3.61. The molecule has 1 heterocycles. The Balaban J connectivity index is 1.71. The number of nitrogens with one attached hydrogen (secondary N) is 1. The average molecular weight is 451 g/mol. The number of pyridine rings is 1. The lowest BCUT2D eigenvalue weighted by Crippen LogP contribution is -2.25. The van der Waals surface area contributed by atoms with Gasteiger partial charge < -0.3 is 5.32 Å². The van der Waals surface area contributed by atoms with Crippen LogP contribution in [0.3, 0.4) is 0 Å². The molecule has 4 nitrogen and oxygen atoms in total. The molecule has 0 spiro atoms. The predicted octanol–water partition coefficient (Wildman–Crippen LogP) is 6.26. The molecule has 1 fully saturated rings. The monoisotopic (exact) mass is 450 g/mol. The largest absolute Gasteiger partial charge is 0.352 e. The molecule has 6 heteroatoms. The van der Waals surface area contributed by atoms with E-state index >= 15 is 0 Å². The summed E-state index contributed by atoms with van der Waals surface area (Å²) in [7, 11) is 0. The van der Waals surface area contributed by atoms with Crippen molar-refractivity contribution < 1.29 is 18.4 Å². The maximum atomic E-state index is 15.0. The minimum atomic E-state index is -0.705. The summed E-state index contributed by atoms with van der Waals surface area (Å²) in [6.07, 6.45) is 6.57. The summed E-state index contributed by atoms with van der Waals surface area (Å²) in [5, 5.41) is 3.38. The van der Waals surface area contributed by atoms with Gasteiger partial charge in [-0.2, -0.15) is 0 Å². The van der Waals surface area contributed by atoms with Gasteiger partial charge in [0.2, 0.25) is 0 Å². The summed E-state index contributed by atoms with van der Waals surface area (Å²) >= 11 is 0. The highest BCUT2D eigenvalue weighted by Gasteiger charge is 2.26. The number of ketones is 1. The van der Waals surface area contributed by atoms with Crippen molar-refractivity contribution in [3.63, 3.8) is 0 Å². The van der Waals surface area contributed by atoms with Crippen molar-refractivity contribution >= 4 is 22.6 Å². The maximum Gasteiger partial charge on any atom is 0.254 e. The van der Waals surface area contributed by atoms with E-state index in [4.69, 9.17) is 0 Å². The molecule has 1 amide bonds. The minimum Gasteiger partial charge on any atom is -0.352 e. The van der Waals surface area contributed by atoms with Crippen molar-refractivity contribution in [1.82, 2.24) is 10.3 Å². The van der Waals surface area contributed by atoms with Crippen molar-refractivity contribution in [1.29, 1.82) is 0 Å². The van der Waals surface area contributed by atoms with Gasteiger partial charge in [-0.3, -0.25) is 14.6 Å². The standard InChI is InChI=1S/C27H28F2N2O2/c1-3-5-10-30-27(33)19-9-8-17(12-23(19)28)20-13-21-18(4-2)22(26(32)11-16-6-7-16)15-31-25(21)14-24(20)29/h8-9,12-16H,3-7,10-11H2,1-2H3,(H,30,33). The third-order valence-corrected chi connectivity index (χ3v) is 6.23. The SMILES string of the molecule is CCCCNC(=O)c1ccc(-c2cc3c(CC)c(C(=O)CC4CC4)cnc3cc2F)cc1F. The number of aryl methyl sites for hydroxylation is 1. The second kappa shape index (κ2) is 9.77. The van der Waals surface area contributed by atoms with Gasteiger partial charge in [0.1, 0.15) is 11.6 Å². The van der Waals surface area contributed by atoms with Crippen molar-refractivity contribution in [2.45, 2.75) is 52.4 Å². The molecular weight excluding hydrogens is 422 g/mol. The van der Waals surface area contributed by atoms with E-state index in [-0.39, 0.29) is 16.9 Å². The van der Waals surface area contributed by atoms with Crippen LogP contribution >= 0.6 is 0 Å². The molecule has 2 aromatic carbocycles. The van der Waals surface area contributed by atoms with Crippen LogP contribution in [0.1, 0.15) is 72.2 Å². The lowest BCUT2D eigenvalue weighted by molar-refractivity contribution is 0.0946. The Morgan fingerprint density at radius 3 is 2.52 bits per heavy atom. The molecule has 3 aromatic rings. The van der Waals surface area contributed by atoms with Crippen LogP contribution in [0.5, 0.6) is 0 Å². The van der Waals surface area contributed by atoms with Crippen molar-refractivity contribution in [2.24, 2.45) is 5.92 Å². The van der Waals surface area contributed by atoms with Gasteiger partial charge in [-0.1, -0.05) is 26.3 Å². The summed E-state index contributed by atoms with van der Waals surface area (Å²) in [6.45, 7) is 4.44. The molecule has 172 valence electrons. The van der Waals surface area contributed by atoms with Crippen LogP contribution in [-0.4, -0.2) is 23.2 Å². The second-order valence-electron chi connectivity index (χ2n) is 8.73. The van der Waals surface area contributed by atoms with Gasteiger partial charge in [0, 0.05) is 41.7 Å². The zero-order valence-electron chi connectivity index (χ0n) is 19.0. The summed E-state index contributed by atoms with van der Waals surface area (Å²) in [5.74, 6) is -1.19. The van der Waals surface area contributed by atoms with Crippen molar-refractivity contribution in [3.8, 4) is 11.1 Å². The van der Waals surface area contributed by atoms with Gasteiger partial charge in [-0.05, 0) is 60.9 Å². The number of hydrogen-bond acceptors (Lipinski definition) is 3. The van der Waals surface area contributed by atoms with E-state index in [0.717, 1.165) is 31.2 Å². The molecule has 33 heavy (non-hydrogen) atoms. The number of amides is 1. The first-order chi connectivity index (χ1) is 15.9. The molecule has 0 aliphatic heterocycles. The number of benzene rings is 2. The summed E-state index contributed by atoms with van der Waals surface area (Å²) in [5.41, 5.74) is 2.35. The number of aromatic nitrogens is 1. The van der Waals surface area contributed by atoms with Crippen LogP contribution in [0, 0.1) is 17.6 Å². The molecule has 0 radical (unpaired) electrons. The third kappa shape index (κ3) is 4.95. The molecule has 4 rings (SSSR count). The fraction of sp³-hybridized carbons (Fsp3) is 0.370. The molecule has 0 saturated heterocycles. The number of nitrogens with zero attached hydrogens (tertiary/aromatic N) is 1. The Morgan fingerprint density at radius 1 is 1.06 bits per heavy atom. The van der Waals surface area contributed by atoms with Gasteiger partial charge in [-0.15, -0.1) is 0 Å². The topological polar surface area (TPSA) is 59.1 Å². The van der Waals surface area contributed by atoms with Crippen LogP contribution in [0.2, 0.25) is 0 Å². The Morgan fingerprint density at radius 2 is 1.85 bits per heavy atom. The van der Waals surface area contributed by atoms with E-state index in [9.17, 15) is 18.4 Å². The number of hydrogen-bond donors (Lipinski definition) is 1. The van der Waals surface area contributed by atoms with E-state index in [1.807, 2.05) is 13.8 Å². The van der Waals surface area contributed by atoms with E-state index < -0.39 is 17.5 Å². The molecule has 1 saturated carbocycles. The van der Waals surface area contributed by atoms with Gasteiger partial charge in [-0.25, -0.2) is 8.78 Å². The first kappa shape index (κ1) is 23.0. The highest BCUT2D eigenvalue weighted by molar-refractivity contribution is 6.02. The predicted molar refractivity (Wildman–Crippen MR) is 125 cm³/mol. The summed E-state index contributed by atoms with van der Waals surface area (Å²) in [4.78, 5) is 29.3. The lowest BCUT2D eigenvalue weighted by Gasteiger charge is -2.13.